The highest BCUT2D eigenvalue weighted by Crippen LogP contribution is 2.20. The van der Waals surface area contributed by atoms with Crippen molar-refractivity contribution in [3.63, 3.8) is 0 Å². The maximum Gasteiger partial charge on any atom is 0.401 e. The van der Waals surface area contributed by atoms with Gasteiger partial charge in [-0.25, -0.2) is 0 Å². The van der Waals surface area contributed by atoms with E-state index in [-0.39, 0.29) is 0 Å². The third-order valence-corrected chi connectivity index (χ3v) is 3.47. The van der Waals surface area contributed by atoms with Crippen LogP contribution in [0.3, 0.4) is 0 Å². The van der Waals surface area contributed by atoms with Crippen LogP contribution in [0.5, 0.6) is 0 Å². The highest BCUT2D eigenvalue weighted by molar-refractivity contribution is 6.30. The molecule has 1 aliphatic rings. The fourth-order valence-electron chi connectivity index (χ4n) is 2.38. The van der Waals surface area contributed by atoms with E-state index < -0.39 is 12.7 Å². The van der Waals surface area contributed by atoms with E-state index in [0.717, 1.165) is 5.56 Å². The van der Waals surface area contributed by atoms with Gasteiger partial charge in [0.15, 0.2) is 0 Å². The van der Waals surface area contributed by atoms with Crippen LogP contribution in [0.1, 0.15) is 5.56 Å². The van der Waals surface area contributed by atoms with Crippen molar-refractivity contribution in [2.45, 2.75) is 12.7 Å². The molecular formula is C13H17ClF3N3. The second kappa shape index (κ2) is 6.20. The number of alkyl halides is 3. The molecule has 0 spiro atoms. The van der Waals surface area contributed by atoms with Gasteiger partial charge in [0.2, 0.25) is 0 Å². The molecule has 1 fully saturated rings. The third kappa shape index (κ3) is 4.85. The summed E-state index contributed by atoms with van der Waals surface area (Å²) in [5.74, 6) is 0. The maximum absolute atomic E-state index is 12.3. The summed E-state index contributed by atoms with van der Waals surface area (Å²) >= 11 is 5.93. The molecule has 2 N–H and O–H groups in total. The minimum absolute atomic E-state index is 0.426. The largest absolute Gasteiger partial charge is 0.401 e. The van der Waals surface area contributed by atoms with E-state index in [0.29, 0.717) is 43.4 Å². The summed E-state index contributed by atoms with van der Waals surface area (Å²) in [5.41, 5.74) is 7.31. The van der Waals surface area contributed by atoms with Gasteiger partial charge in [0, 0.05) is 43.4 Å². The molecule has 0 radical (unpaired) electrons. The maximum atomic E-state index is 12.3. The Morgan fingerprint density at radius 1 is 1.05 bits per heavy atom. The Morgan fingerprint density at radius 2 is 1.65 bits per heavy atom. The van der Waals surface area contributed by atoms with Gasteiger partial charge in [-0.2, -0.15) is 13.2 Å². The first-order valence-electron chi connectivity index (χ1n) is 6.38. The molecule has 7 heteroatoms. The molecule has 1 aromatic carbocycles. The van der Waals surface area contributed by atoms with Crippen LogP contribution in [0.2, 0.25) is 5.02 Å². The van der Waals surface area contributed by atoms with Crippen LogP contribution >= 0.6 is 11.6 Å². The van der Waals surface area contributed by atoms with Crippen LogP contribution in [-0.2, 0) is 6.54 Å². The van der Waals surface area contributed by atoms with E-state index in [2.05, 4.69) is 4.90 Å². The zero-order valence-corrected chi connectivity index (χ0v) is 11.7. The SMILES string of the molecule is Nc1cc(Cl)cc(CN2CCN(CC(F)(F)F)CC2)c1. The van der Waals surface area contributed by atoms with E-state index in [1.54, 1.807) is 6.07 Å². The van der Waals surface area contributed by atoms with Crippen LogP contribution in [0.4, 0.5) is 18.9 Å². The number of piperazine rings is 1. The summed E-state index contributed by atoms with van der Waals surface area (Å²) in [7, 11) is 0. The topological polar surface area (TPSA) is 32.5 Å². The predicted molar refractivity (Wildman–Crippen MR) is 73.6 cm³/mol. The number of hydrogen-bond donors (Lipinski definition) is 1. The van der Waals surface area contributed by atoms with Crippen molar-refractivity contribution in [1.29, 1.82) is 0 Å². The number of anilines is 1. The zero-order valence-electron chi connectivity index (χ0n) is 11.0. The van der Waals surface area contributed by atoms with E-state index in [9.17, 15) is 13.2 Å². The summed E-state index contributed by atoms with van der Waals surface area (Å²) in [4.78, 5) is 3.54. The molecule has 1 aliphatic heterocycles. The van der Waals surface area contributed by atoms with Crippen molar-refractivity contribution in [3.8, 4) is 0 Å². The fourth-order valence-corrected chi connectivity index (χ4v) is 2.65. The smallest absolute Gasteiger partial charge is 0.399 e. The molecule has 1 saturated heterocycles. The lowest BCUT2D eigenvalue weighted by Crippen LogP contribution is -2.48. The molecule has 1 heterocycles. The van der Waals surface area contributed by atoms with Gasteiger partial charge in [0.05, 0.1) is 6.54 Å². The molecular weight excluding hydrogens is 291 g/mol. The molecule has 1 aromatic rings. The second-order valence-corrected chi connectivity index (χ2v) is 5.50. The van der Waals surface area contributed by atoms with Gasteiger partial charge in [-0.15, -0.1) is 0 Å². The van der Waals surface area contributed by atoms with Crippen molar-refractivity contribution < 1.29 is 13.2 Å². The molecule has 0 amide bonds. The first-order chi connectivity index (χ1) is 9.32. The molecule has 0 bridgehead atoms. The average molecular weight is 308 g/mol. The number of rotatable bonds is 3. The molecule has 3 nitrogen and oxygen atoms in total. The van der Waals surface area contributed by atoms with Crippen molar-refractivity contribution in [1.82, 2.24) is 9.80 Å². The Bertz CT molecular complexity index is 436. The molecule has 0 aliphatic carbocycles. The van der Waals surface area contributed by atoms with Gasteiger partial charge in [0.1, 0.15) is 0 Å². The van der Waals surface area contributed by atoms with Crippen molar-refractivity contribution >= 4 is 17.3 Å². The number of nitrogens with two attached hydrogens (primary N) is 1. The first kappa shape index (κ1) is 15.4. The van der Waals surface area contributed by atoms with Crippen molar-refractivity contribution in [2.75, 3.05) is 38.5 Å². The van der Waals surface area contributed by atoms with Gasteiger partial charge in [-0.05, 0) is 23.8 Å². The van der Waals surface area contributed by atoms with E-state index in [1.165, 1.54) is 4.90 Å². The first-order valence-corrected chi connectivity index (χ1v) is 6.76. The molecule has 0 atom stereocenters. The Kier molecular flexibility index (Phi) is 4.78. The minimum atomic E-state index is -4.12. The van der Waals surface area contributed by atoms with Gasteiger partial charge in [-0.3, -0.25) is 9.80 Å². The number of nitrogens with zero attached hydrogens (tertiary/aromatic N) is 2. The highest BCUT2D eigenvalue weighted by atomic mass is 35.5. The molecule has 0 unspecified atom stereocenters. The summed E-state index contributed by atoms with van der Waals surface area (Å²) in [6, 6.07) is 5.35. The van der Waals surface area contributed by atoms with Crippen molar-refractivity contribution in [3.05, 3.63) is 28.8 Å². The number of halogens is 4. The van der Waals surface area contributed by atoms with Gasteiger partial charge < -0.3 is 5.73 Å². The van der Waals surface area contributed by atoms with Crippen molar-refractivity contribution in [2.24, 2.45) is 0 Å². The summed E-state index contributed by atoms with van der Waals surface area (Å²) < 4.78 is 36.9. The number of hydrogen-bond acceptors (Lipinski definition) is 3. The molecule has 0 saturated carbocycles. The quantitative estimate of drug-likeness (QED) is 0.871. The average Bonchev–Trinajstić information content (AvgIpc) is 2.28. The van der Waals surface area contributed by atoms with Crippen LogP contribution in [-0.4, -0.2) is 48.7 Å². The summed E-state index contributed by atoms with van der Waals surface area (Å²) in [6.45, 7) is 1.91. The Hall–Kier alpha value is -0.980. The highest BCUT2D eigenvalue weighted by Gasteiger charge is 2.32. The Labute approximate surface area is 121 Å². The van der Waals surface area contributed by atoms with Crippen LogP contribution in [0.15, 0.2) is 18.2 Å². The summed E-state index contributed by atoms with van der Waals surface area (Å²) in [6.07, 6.45) is -4.12. The van der Waals surface area contributed by atoms with Crippen LogP contribution in [0, 0.1) is 0 Å². The third-order valence-electron chi connectivity index (χ3n) is 3.25. The molecule has 112 valence electrons. The monoisotopic (exact) mass is 307 g/mol. The number of benzene rings is 1. The minimum Gasteiger partial charge on any atom is -0.399 e. The van der Waals surface area contributed by atoms with E-state index >= 15 is 0 Å². The lowest BCUT2D eigenvalue weighted by molar-refractivity contribution is -0.149. The van der Waals surface area contributed by atoms with Crippen LogP contribution in [0.25, 0.3) is 0 Å². The molecule has 20 heavy (non-hydrogen) atoms. The van der Waals surface area contributed by atoms with Gasteiger partial charge >= 0.3 is 6.18 Å². The van der Waals surface area contributed by atoms with Gasteiger partial charge in [-0.1, -0.05) is 11.6 Å². The second-order valence-electron chi connectivity index (χ2n) is 5.06. The standard InChI is InChI=1S/C13H17ClF3N3/c14-11-5-10(6-12(18)7-11)8-19-1-3-20(4-2-19)9-13(15,16)17/h5-7H,1-4,8-9,18H2. The predicted octanol–water partition coefficient (Wildman–Crippen LogP) is 2.60. The lowest BCUT2D eigenvalue weighted by atomic mass is 10.1. The number of nitrogen functional groups attached to an aromatic ring is 1. The van der Waals surface area contributed by atoms with Gasteiger partial charge in [0.25, 0.3) is 0 Å². The Morgan fingerprint density at radius 3 is 2.20 bits per heavy atom. The zero-order chi connectivity index (χ0) is 14.8. The fraction of sp³-hybridized carbons (Fsp3) is 0.538. The summed E-state index contributed by atoms with van der Waals surface area (Å²) in [5, 5.41) is 0.579. The molecule has 0 aromatic heterocycles. The van der Waals surface area contributed by atoms with Crippen LogP contribution < -0.4 is 5.73 Å². The molecule has 2 rings (SSSR count). The Balaban J connectivity index is 1.85. The normalized spacial score (nSPS) is 18.4. The van der Waals surface area contributed by atoms with E-state index in [1.807, 2.05) is 12.1 Å². The lowest BCUT2D eigenvalue weighted by Gasteiger charge is -2.35. The van der Waals surface area contributed by atoms with E-state index in [4.69, 9.17) is 17.3 Å².